The van der Waals surface area contributed by atoms with Crippen LogP contribution in [0.25, 0.3) is 0 Å². The topological polar surface area (TPSA) is 70.1 Å². The van der Waals surface area contributed by atoms with E-state index >= 15 is 0 Å². The first-order chi connectivity index (χ1) is 5.29. The molecular weight excluding hydrogens is 144 g/mol. The molecule has 0 saturated heterocycles. The van der Waals surface area contributed by atoms with E-state index in [1.807, 2.05) is 0 Å². The highest BCUT2D eigenvalue weighted by molar-refractivity contribution is 5.79. The van der Waals surface area contributed by atoms with Crippen molar-refractivity contribution in [3.8, 4) is 0 Å². The van der Waals surface area contributed by atoms with Gasteiger partial charge in [-0.2, -0.15) is 5.10 Å². The smallest absolute Gasteiger partial charge is 0.236 e. The Morgan fingerprint density at radius 2 is 2.73 bits per heavy atom. The molecule has 1 heterocycles. The summed E-state index contributed by atoms with van der Waals surface area (Å²) in [6, 6.07) is 0. The minimum Gasteiger partial charge on any atom is -0.344 e. The van der Waals surface area contributed by atoms with Gasteiger partial charge in [0.1, 0.15) is 0 Å². The number of amides is 1. The predicted molar refractivity (Wildman–Crippen MR) is 40.0 cm³/mol. The molecule has 1 aromatic heterocycles. The fourth-order valence-corrected chi connectivity index (χ4v) is 0.530. The van der Waals surface area contributed by atoms with Crippen molar-refractivity contribution in [3.63, 3.8) is 0 Å². The highest BCUT2D eigenvalue weighted by atomic mass is 16.2. The fourth-order valence-electron chi connectivity index (χ4n) is 0.530. The summed E-state index contributed by atoms with van der Waals surface area (Å²) in [4.78, 5) is 16.9. The quantitative estimate of drug-likeness (QED) is 0.458. The molecule has 0 atom stereocenters. The lowest BCUT2D eigenvalue weighted by Crippen LogP contribution is -2.12. The van der Waals surface area contributed by atoms with Gasteiger partial charge in [0, 0.05) is 6.92 Å². The summed E-state index contributed by atoms with van der Waals surface area (Å²) >= 11 is 0. The SMILES string of the molecule is CC(=O)N/N=C/c1cnc[nH]1. The third-order valence-electron chi connectivity index (χ3n) is 0.945. The normalized spacial score (nSPS) is 10.3. The standard InChI is InChI=1S/C6H8N4O/c1-5(11)10-9-3-6-2-7-4-8-6/h2-4H,1H3,(H,7,8)(H,10,11)/b9-3+. The van der Waals surface area contributed by atoms with Crippen molar-refractivity contribution >= 4 is 12.1 Å². The number of hydrogen-bond donors (Lipinski definition) is 2. The Morgan fingerprint density at radius 1 is 1.91 bits per heavy atom. The molecule has 0 bridgehead atoms. The fraction of sp³-hybridized carbons (Fsp3) is 0.167. The molecule has 0 aliphatic heterocycles. The van der Waals surface area contributed by atoms with Gasteiger partial charge in [0.25, 0.3) is 0 Å². The molecule has 0 saturated carbocycles. The van der Waals surface area contributed by atoms with Crippen LogP contribution in [0.3, 0.4) is 0 Å². The molecular formula is C6H8N4O. The van der Waals surface area contributed by atoms with E-state index in [2.05, 4.69) is 20.5 Å². The van der Waals surface area contributed by atoms with Crippen LogP contribution in [0.5, 0.6) is 0 Å². The van der Waals surface area contributed by atoms with Gasteiger partial charge in [0.2, 0.25) is 5.91 Å². The molecule has 1 rings (SSSR count). The number of aromatic nitrogens is 2. The van der Waals surface area contributed by atoms with E-state index in [0.29, 0.717) is 0 Å². The zero-order chi connectivity index (χ0) is 8.10. The Kier molecular flexibility index (Phi) is 2.37. The molecule has 1 aromatic rings. The predicted octanol–water partition coefficient (Wildman–Crippen LogP) is -0.120. The Hall–Kier alpha value is -1.65. The zero-order valence-electron chi connectivity index (χ0n) is 6.03. The molecule has 0 aliphatic rings. The largest absolute Gasteiger partial charge is 0.344 e. The van der Waals surface area contributed by atoms with Gasteiger partial charge in [-0.15, -0.1) is 0 Å². The molecule has 1 amide bonds. The van der Waals surface area contributed by atoms with Crippen LogP contribution in [0.1, 0.15) is 12.6 Å². The summed E-state index contributed by atoms with van der Waals surface area (Å²) in [7, 11) is 0. The zero-order valence-corrected chi connectivity index (χ0v) is 6.03. The number of nitrogens with zero attached hydrogens (tertiary/aromatic N) is 2. The van der Waals surface area contributed by atoms with Gasteiger partial charge < -0.3 is 4.98 Å². The third-order valence-corrected chi connectivity index (χ3v) is 0.945. The maximum atomic E-state index is 10.3. The summed E-state index contributed by atoms with van der Waals surface area (Å²) in [6.07, 6.45) is 4.62. The van der Waals surface area contributed by atoms with Gasteiger partial charge in [-0.25, -0.2) is 10.4 Å². The summed E-state index contributed by atoms with van der Waals surface area (Å²) in [5.41, 5.74) is 3.02. The number of nitrogens with one attached hydrogen (secondary N) is 2. The molecule has 5 heteroatoms. The number of carbonyl (C=O) groups excluding carboxylic acids is 1. The van der Waals surface area contributed by atoms with Crippen molar-refractivity contribution in [2.45, 2.75) is 6.92 Å². The average Bonchev–Trinajstić information content (AvgIpc) is 2.39. The molecule has 0 spiro atoms. The van der Waals surface area contributed by atoms with E-state index in [-0.39, 0.29) is 5.91 Å². The van der Waals surface area contributed by atoms with Crippen LogP contribution in [-0.2, 0) is 4.79 Å². The van der Waals surface area contributed by atoms with Crippen LogP contribution >= 0.6 is 0 Å². The minimum absolute atomic E-state index is 0.194. The lowest BCUT2D eigenvalue weighted by Gasteiger charge is -1.87. The van der Waals surface area contributed by atoms with E-state index in [1.165, 1.54) is 19.5 Å². The molecule has 0 aromatic carbocycles. The molecule has 11 heavy (non-hydrogen) atoms. The number of H-pyrrole nitrogens is 1. The molecule has 0 aliphatic carbocycles. The number of hydrazone groups is 1. The molecule has 58 valence electrons. The van der Waals surface area contributed by atoms with Crippen molar-refractivity contribution in [1.29, 1.82) is 0 Å². The van der Waals surface area contributed by atoms with Crippen molar-refractivity contribution < 1.29 is 4.79 Å². The number of aromatic amines is 1. The first-order valence-electron chi connectivity index (χ1n) is 3.07. The van der Waals surface area contributed by atoms with Gasteiger partial charge in [0.05, 0.1) is 24.4 Å². The monoisotopic (exact) mass is 152 g/mol. The minimum atomic E-state index is -0.194. The number of carbonyl (C=O) groups is 1. The molecule has 2 N–H and O–H groups in total. The first kappa shape index (κ1) is 7.46. The lowest BCUT2D eigenvalue weighted by molar-refractivity contribution is -0.118. The summed E-state index contributed by atoms with van der Waals surface area (Å²) in [5, 5.41) is 3.62. The van der Waals surface area contributed by atoms with Crippen LogP contribution in [0.2, 0.25) is 0 Å². The lowest BCUT2D eigenvalue weighted by atomic mass is 10.5. The molecule has 0 unspecified atom stereocenters. The van der Waals surface area contributed by atoms with Crippen LogP contribution in [-0.4, -0.2) is 22.1 Å². The molecule has 0 radical (unpaired) electrons. The average molecular weight is 152 g/mol. The van der Waals surface area contributed by atoms with Crippen LogP contribution in [0.15, 0.2) is 17.6 Å². The summed E-state index contributed by atoms with van der Waals surface area (Å²) in [5.74, 6) is -0.194. The van der Waals surface area contributed by atoms with E-state index in [4.69, 9.17) is 0 Å². The van der Waals surface area contributed by atoms with Crippen molar-refractivity contribution in [3.05, 3.63) is 18.2 Å². The number of imidazole rings is 1. The molecule has 5 nitrogen and oxygen atoms in total. The Labute approximate surface area is 63.5 Å². The van der Waals surface area contributed by atoms with Gasteiger partial charge in [-0.1, -0.05) is 0 Å². The van der Waals surface area contributed by atoms with Crippen molar-refractivity contribution in [1.82, 2.24) is 15.4 Å². The maximum Gasteiger partial charge on any atom is 0.236 e. The van der Waals surface area contributed by atoms with Crippen LogP contribution in [0.4, 0.5) is 0 Å². The van der Waals surface area contributed by atoms with Gasteiger partial charge in [0.15, 0.2) is 0 Å². The molecule has 0 fully saturated rings. The van der Waals surface area contributed by atoms with Gasteiger partial charge in [-0.05, 0) is 0 Å². The Bertz CT molecular complexity index is 252. The van der Waals surface area contributed by atoms with Crippen LogP contribution in [0, 0.1) is 0 Å². The van der Waals surface area contributed by atoms with Crippen molar-refractivity contribution in [2.24, 2.45) is 5.10 Å². The number of hydrogen-bond acceptors (Lipinski definition) is 3. The maximum absolute atomic E-state index is 10.3. The van der Waals surface area contributed by atoms with E-state index in [0.717, 1.165) is 5.69 Å². The van der Waals surface area contributed by atoms with Crippen molar-refractivity contribution in [2.75, 3.05) is 0 Å². The number of rotatable bonds is 2. The van der Waals surface area contributed by atoms with E-state index in [9.17, 15) is 4.79 Å². The second kappa shape index (κ2) is 3.50. The van der Waals surface area contributed by atoms with Gasteiger partial charge >= 0.3 is 0 Å². The first-order valence-corrected chi connectivity index (χ1v) is 3.07. The third kappa shape index (κ3) is 2.61. The highest BCUT2D eigenvalue weighted by Gasteiger charge is 1.86. The second-order valence-corrected chi connectivity index (χ2v) is 1.93. The van der Waals surface area contributed by atoms with Crippen LogP contribution < -0.4 is 5.43 Å². The summed E-state index contributed by atoms with van der Waals surface area (Å²) in [6.45, 7) is 1.39. The van der Waals surface area contributed by atoms with Gasteiger partial charge in [-0.3, -0.25) is 4.79 Å². The Morgan fingerprint density at radius 3 is 3.27 bits per heavy atom. The van der Waals surface area contributed by atoms with E-state index < -0.39 is 0 Å². The highest BCUT2D eigenvalue weighted by Crippen LogP contribution is 1.82. The Balaban J connectivity index is 2.43. The van der Waals surface area contributed by atoms with E-state index in [1.54, 1.807) is 6.20 Å². The second-order valence-electron chi connectivity index (χ2n) is 1.93. The summed E-state index contributed by atoms with van der Waals surface area (Å²) < 4.78 is 0.